The molecule has 0 spiro atoms. The average Bonchev–Trinajstić information content (AvgIpc) is 3.36. The highest BCUT2D eigenvalue weighted by Crippen LogP contribution is 2.40. The van der Waals surface area contributed by atoms with Gasteiger partial charge < -0.3 is 9.80 Å². The van der Waals surface area contributed by atoms with Crippen molar-refractivity contribution < 1.29 is 0 Å². The van der Waals surface area contributed by atoms with Crippen molar-refractivity contribution in [1.29, 1.82) is 0 Å². The van der Waals surface area contributed by atoms with E-state index in [2.05, 4.69) is 260 Å². The molecule has 3 aliphatic carbocycles. The number of hydrogen-bond donors (Lipinski definition) is 0. The van der Waals surface area contributed by atoms with E-state index < -0.39 is 0 Å². The maximum atomic E-state index is 2.39. The Labute approximate surface area is 379 Å². The maximum Gasteiger partial charge on any atom is 0.0462 e. The van der Waals surface area contributed by atoms with Crippen LogP contribution in [0.3, 0.4) is 0 Å². The zero-order chi connectivity index (χ0) is 43.2. The van der Waals surface area contributed by atoms with Gasteiger partial charge in [0.1, 0.15) is 0 Å². The summed E-state index contributed by atoms with van der Waals surface area (Å²) in [5.41, 5.74) is 18.1. The lowest BCUT2D eigenvalue weighted by atomic mass is 9.91. The van der Waals surface area contributed by atoms with E-state index >= 15 is 0 Å². The zero-order valence-electron chi connectivity index (χ0n) is 36.8. The lowest BCUT2D eigenvalue weighted by molar-refractivity contribution is 0.739. The molecule has 3 unspecified atom stereocenters. The molecule has 3 aliphatic rings. The molecule has 7 aromatic rings. The molecule has 2 heteroatoms. The van der Waals surface area contributed by atoms with Gasteiger partial charge in [0.2, 0.25) is 0 Å². The number of hydrogen-bond acceptors (Lipinski definition) is 2. The van der Waals surface area contributed by atoms with Crippen molar-refractivity contribution in [2.24, 2.45) is 11.8 Å². The molecule has 0 heterocycles. The molecule has 2 nitrogen and oxygen atoms in total. The molecular weight excluding hydrogens is 773 g/mol. The summed E-state index contributed by atoms with van der Waals surface area (Å²) in [5.74, 6) is 1.51. The molecule has 0 radical (unpaired) electrons. The van der Waals surface area contributed by atoms with Crippen LogP contribution in [0.2, 0.25) is 0 Å². The van der Waals surface area contributed by atoms with Crippen molar-refractivity contribution in [2.45, 2.75) is 39.0 Å². The highest BCUT2D eigenvalue weighted by Gasteiger charge is 2.20. The predicted octanol–water partition coefficient (Wildman–Crippen LogP) is 17.2. The smallest absolute Gasteiger partial charge is 0.0462 e. The fraction of sp³-hybridized carbons (Fsp3) is 0.129. The SMILES string of the molecule is CC1C=CC(c2ccc(N(c3ccc(C4=CC(C)CC=C4)cc3)c3ccc(-c4ccc(N(C5=CCC(c6ccccc6)C=C5)c5ccc(-c6ccccc6)cc5)cc4)cc3)cc2)=CC1. The Morgan fingerprint density at radius 1 is 0.359 bits per heavy atom. The third kappa shape index (κ3) is 8.91. The van der Waals surface area contributed by atoms with Gasteiger partial charge in [-0.25, -0.2) is 0 Å². The van der Waals surface area contributed by atoms with Gasteiger partial charge in [0.25, 0.3) is 0 Å². The molecule has 0 fully saturated rings. The first-order valence-electron chi connectivity index (χ1n) is 22.9. The van der Waals surface area contributed by atoms with Crippen LogP contribution in [0, 0.1) is 11.8 Å². The fourth-order valence-electron chi connectivity index (χ4n) is 9.24. The lowest BCUT2D eigenvalue weighted by Crippen LogP contribution is -2.17. The van der Waals surface area contributed by atoms with Crippen LogP contribution in [0.15, 0.2) is 242 Å². The van der Waals surface area contributed by atoms with Crippen molar-refractivity contribution in [2.75, 3.05) is 9.80 Å². The number of rotatable bonds is 11. The standard InChI is InChI=1S/C62H54N2/c1-45-16-18-49(19-17-45)52-24-36-59(37-25-52)64(62-42-30-55(31-43-62)56-15-9-10-46(2)44-56)61-40-28-54(29-41-61)53-26-38-60(39-27-53)63(57-32-20-50(21-33-57)47-11-5-3-6-12-47)58-34-22-51(23-35-58)48-13-7-4-8-14-48/h3-9,11-16,18-22,24-46,51H,10,17,23H2,1-2H3. The average molecular weight is 827 g/mol. The minimum absolute atomic E-state index is 0.369. The predicted molar refractivity (Wildman–Crippen MR) is 273 cm³/mol. The second-order valence-corrected chi connectivity index (χ2v) is 17.5. The Hall–Kier alpha value is -7.42. The number of allylic oxidation sites excluding steroid dienone is 11. The van der Waals surface area contributed by atoms with Crippen molar-refractivity contribution in [3.8, 4) is 22.3 Å². The third-order valence-corrected chi connectivity index (χ3v) is 12.9. The van der Waals surface area contributed by atoms with Crippen LogP contribution in [0.5, 0.6) is 0 Å². The number of benzene rings is 7. The molecule has 0 N–H and O–H groups in total. The van der Waals surface area contributed by atoms with Gasteiger partial charge in [-0.3, -0.25) is 0 Å². The van der Waals surface area contributed by atoms with E-state index in [9.17, 15) is 0 Å². The summed E-state index contributed by atoms with van der Waals surface area (Å²) in [4.78, 5) is 4.76. The Bertz CT molecular complexity index is 2880. The largest absolute Gasteiger partial charge is 0.311 e. The molecule has 10 rings (SSSR count). The van der Waals surface area contributed by atoms with Crippen LogP contribution in [-0.4, -0.2) is 0 Å². The number of nitrogens with zero attached hydrogens (tertiary/aromatic N) is 2. The van der Waals surface area contributed by atoms with E-state index in [0.29, 0.717) is 17.8 Å². The lowest BCUT2D eigenvalue weighted by Gasteiger charge is -2.29. The van der Waals surface area contributed by atoms with Crippen molar-refractivity contribution in [1.82, 2.24) is 0 Å². The van der Waals surface area contributed by atoms with E-state index in [0.717, 1.165) is 47.7 Å². The van der Waals surface area contributed by atoms with Gasteiger partial charge in [0.15, 0.2) is 0 Å². The summed E-state index contributed by atoms with van der Waals surface area (Å²) in [7, 11) is 0. The van der Waals surface area contributed by atoms with Gasteiger partial charge in [-0.2, -0.15) is 0 Å². The summed E-state index contributed by atoms with van der Waals surface area (Å²) in [6, 6.07) is 66.5. The Balaban J connectivity index is 0.942. The van der Waals surface area contributed by atoms with Gasteiger partial charge in [-0.1, -0.05) is 184 Å². The van der Waals surface area contributed by atoms with E-state index in [4.69, 9.17) is 0 Å². The first-order valence-corrected chi connectivity index (χ1v) is 22.9. The highest BCUT2D eigenvalue weighted by molar-refractivity contribution is 5.83. The van der Waals surface area contributed by atoms with Gasteiger partial charge >= 0.3 is 0 Å². The van der Waals surface area contributed by atoms with E-state index in [-0.39, 0.29) is 0 Å². The minimum atomic E-state index is 0.369. The monoisotopic (exact) mass is 826 g/mol. The number of anilines is 5. The van der Waals surface area contributed by atoms with E-state index in [1.807, 2.05) is 0 Å². The van der Waals surface area contributed by atoms with Crippen LogP contribution >= 0.6 is 0 Å². The van der Waals surface area contributed by atoms with Crippen molar-refractivity contribution >= 4 is 39.6 Å². The Kier molecular flexibility index (Phi) is 11.8. The third-order valence-electron chi connectivity index (χ3n) is 12.9. The van der Waals surface area contributed by atoms with Gasteiger partial charge in [-0.15, -0.1) is 0 Å². The molecule has 0 amide bonds. The molecule has 3 atom stereocenters. The normalized spacial score (nSPS) is 17.9. The molecule has 64 heavy (non-hydrogen) atoms. The summed E-state index contributed by atoms with van der Waals surface area (Å²) >= 11 is 0. The van der Waals surface area contributed by atoms with Crippen molar-refractivity contribution in [3.05, 3.63) is 259 Å². The van der Waals surface area contributed by atoms with Gasteiger partial charge in [0.05, 0.1) is 0 Å². The van der Waals surface area contributed by atoms with Crippen LogP contribution in [-0.2, 0) is 0 Å². The molecule has 0 saturated heterocycles. The van der Waals surface area contributed by atoms with E-state index in [1.165, 1.54) is 55.8 Å². The topological polar surface area (TPSA) is 6.48 Å². The molecule has 0 aromatic heterocycles. The minimum Gasteiger partial charge on any atom is -0.311 e. The molecule has 312 valence electrons. The van der Waals surface area contributed by atoms with Crippen LogP contribution < -0.4 is 9.80 Å². The zero-order valence-corrected chi connectivity index (χ0v) is 36.8. The first kappa shape index (κ1) is 40.6. The molecular formula is C62H54N2. The highest BCUT2D eigenvalue weighted by atomic mass is 15.1. The second kappa shape index (κ2) is 18.5. The summed E-state index contributed by atoms with van der Waals surface area (Å²) in [5, 5.41) is 0. The van der Waals surface area contributed by atoms with Gasteiger partial charge in [-0.05, 0) is 148 Å². The van der Waals surface area contributed by atoms with Crippen LogP contribution in [0.25, 0.3) is 33.4 Å². The van der Waals surface area contributed by atoms with Crippen LogP contribution in [0.4, 0.5) is 28.4 Å². The molecule has 7 aromatic carbocycles. The van der Waals surface area contributed by atoms with E-state index in [1.54, 1.807) is 0 Å². The van der Waals surface area contributed by atoms with Crippen molar-refractivity contribution in [3.63, 3.8) is 0 Å². The summed E-state index contributed by atoms with van der Waals surface area (Å²) in [6.07, 6.45) is 24.1. The first-order chi connectivity index (χ1) is 31.5. The quantitative estimate of drug-likeness (QED) is 0.128. The molecule has 0 saturated carbocycles. The molecule has 0 bridgehead atoms. The Morgan fingerprint density at radius 3 is 1.30 bits per heavy atom. The second-order valence-electron chi connectivity index (χ2n) is 17.5. The maximum absolute atomic E-state index is 2.39. The Morgan fingerprint density at radius 2 is 0.828 bits per heavy atom. The van der Waals surface area contributed by atoms with Gasteiger partial charge in [0, 0.05) is 40.1 Å². The molecule has 0 aliphatic heterocycles. The summed E-state index contributed by atoms with van der Waals surface area (Å²) < 4.78 is 0. The summed E-state index contributed by atoms with van der Waals surface area (Å²) in [6.45, 7) is 4.56. The fourth-order valence-corrected chi connectivity index (χ4v) is 9.24. The van der Waals surface area contributed by atoms with Crippen LogP contribution in [0.1, 0.15) is 55.7 Å².